The molecule has 1 aromatic heterocycles. The fourth-order valence-corrected chi connectivity index (χ4v) is 2.81. The van der Waals surface area contributed by atoms with Gasteiger partial charge in [0.2, 0.25) is 0 Å². The number of halogens is 1. The molecular weight excluding hydrogens is 375 g/mol. The van der Waals surface area contributed by atoms with Gasteiger partial charge in [-0.15, -0.1) is 24.0 Å². The quantitative estimate of drug-likeness (QED) is 0.480. The highest BCUT2D eigenvalue weighted by Crippen LogP contribution is 2.15. The number of guanidine groups is 1. The van der Waals surface area contributed by atoms with Crippen LogP contribution in [0.1, 0.15) is 30.9 Å². The second-order valence-corrected chi connectivity index (χ2v) is 5.72. The SMILES string of the molecule is CN=C(NCCc1ccncc1C)N1CCCC(C)C1.I. The van der Waals surface area contributed by atoms with E-state index in [-0.39, 0.29) is 24.0 Å². The number of hydrogen-bond donors (Lipinski definition) is 1. The van der Waals surface area contributed by atoms with Crippen LogP contribution in [0.25, 0.3) is 0 Å². The van der Waals surface area contributed by atoms with Crippen LogP contribution in [0.2, 0.25) is 0 Å². The standard InChI is InChI=1S/C16H26N4.HI/c1-13-5-4-10-20(12-13)16(17-3)19-9-7-15-6-8-18-11-14(15)2;/h6,8,11,13H,4-5,7,9-10,12H2,1-3H3,(H,17,19);1H. The van der Waals surface area contributed by atoms with Gasteiger partial charge in [0, 0.05) is 39.1 Å². The van der Waals surface area contributed by atoms with E-state index in [1.54, 1.807) is 0 Å². The Morgan fingerprint density at radius 3 is 3.00 bits per heavy atom. The molecule has 0 amide bonds. The predicted molar refractivity (Wildman–Crippen MR) is 99.4 cm³/mol. The minimum atomic E-state index is 0. The molecule has 0 aliphatic carbocycles. The minimum absolute atomic E-state index is 0. The molecule has 2 heterocycles. The summed E-state index contributed by atoms with van der Waals surface area (Å²) < 4.78 is 0. The lowest BCUT2D eigenvalue weighted by Crippen LogP contribution is -2.46. The van der Waals surface area contributed by atoms with E-state index in [1.807, 2.05) is 19.4 Å². The van der Waals surface area contributed by atoms with Gasteiger partial charge in [0.05, 0.1) is 0 Å². The molecule has 5 heteroatoms. The second kappa shape index (κ2) is 9.23. The number of piperidine rings is 1. The molecule has 0 spiro atoms. The van der Waals surface area contributed by atoms with Crippen molar-refractivity contribution >= 4 is 29.9 Å². The molecule has 0 aromatic carbocycles. The zero-order valence-corrected chi connectivity index (χ0v) is 15.6. The number of aliphatic imine (C=N–C) groups is 1. The molecule has 0 radical (unpaired) electrons. The van der Waals surface area contributed by atoms with Gasteiger partial charge in [0.15, 0.2) is 5.96 Å². The van der Waals surface area contributed by atoms with Gasteiger partial charge in [-0.2, -0.15) is 0 Å². The van der Waals surface area contributed by atoms with E-state index in [2.05, 4.69) is 40.1 Å². The van der Waals surface area contributed by atoms with Crippen molar-refractivity contribution < 1.29 is 0 Å². The first-order chi connectivity index (χ1) is 9.70. The topological polar surface area (TPSA) is 40.5 Å². The van der Waals surface area contributed by atoms with E-state index in [0.717, 1.165) is 37.9 Å². The van der Waals surface area contributed by atoms with E-state index < -0.39 is 0 Å². The third kappa shape index (κ3) is 5.45. The average molecular weight is 402 g/mol. The Kier molecular flexibility index (Phi) is 8.00. The number of likely N-dealkylation sites (tertiary alicyclic amines) is 1. The zero-order chi connectivity index (χ0) is 14.4. The number of aromatic nitrogens is 1. The molecule has 0 saturated carbocycles. The van der Waals surface area contributed by atoms with Crippen molar-refractivity contribution in [3.05, 3.63) is 29.6 Å². The number of aryl methyl sites for hydroxylation is 1. The minimum Gasteiger partial charge on any atom is -0.356 e. The van der Waals surface area contributed by atoms with Gasteiger partial charge in [0.25, 0.3) is 0 Å². The smallest absolute Gasteiger partial charge is 0.193 e. The summed E-state index contributed by atoms with van der Waals surface area (Å²) in [5.41, 5.74) is 2.62. The van der Waals surface area contributed by atoms with E-state index in [0.29, 0.717) is 0 Å². The molecule has 1 aliphatic heterocycles. The number of hydrogen-bond acceptors (Lipinski definition) is 2. The van der Waals surface area contributed by atoms with Crippen molar-refractivity contribution in [2.45, 2.75) is 33.1 Å². The highest BCUT2D eigenvalue weighted by atomic mass is 127. The maximum absolute atomic E-state index is 4.42. The highest BCUT2D eigenvalue weighted by molar-refractivity contribution is 14.0. The molecule has 1 fully saturated rings. The molecular formula is C16H27IN4. The van der Waals surface area contributed by atoms with E-state index in [4.69, 9.17) is 0 Å². The van der Waals surface area contributed by atoms with E-state index in [1.165, 1.54) is 24.0 Å². The zero-order valence-electron chi connectivity index (χ0n) is 13.3. The van der Waals surface area contributed by atoms with Gasteiger partial charge >= 0.3 is 0 Å². The fraction of sp³-hybridized carbons (Fsp3) is 0.625. The highest BCUT2D eigenvalue weighted by Gasteiger charge is 2.18. The largest absolute Gasteiger partial charge is 0.356 e. The lowest BCUT2D eigenvalue weighted by Gasteiger charge is -2.33. The van der Waals surface area contributed by atoms with Gasteiger partial charge in [-0.25, -0.2) is 0 Å². The first kappa shape index (κ1) is 18.2. The van der Waals surface area contributed by atoms with Gasteiger partial charge in [-0.1, -0.05) is 6.92 Å². The van der Waals surface area contributed by atoms with Crippen LogP contribution in [0.4, 0.5) is 0 Å². The number of pyridine rings is 1. The van der Waals surface area contributed by atoms with E-state index >= 15 is 0 Å². The van der Waals surface area contributed by atoms with Crippen LogP contribution in [0.15, 0.2) is 23.5 Å². The maximum atomic E-state index is 4.42. The van der Waals surface area contributed by atoms with Crippen molar-refractivity contribution in [1.82, 2.24) is 15.2 Å². The lowest BCUT2D eigenvalue weighted by atomic mass is 10.0. The number of rotatable bonds is 3. The molecule has 4 nitrogen and oxygen atoms in total. The molecule has 118 valence electrons. The van der Waals surface area contributed by atoms with Crippen molar-refractivity contribution in [3.8, 4) is 0 Å². The molecule has 1 saturated heterocycles. The average Bonchev–Trinajstić information content (AvgIpc) is 2.45. The first-order valence-corrected chi connectivity index (χ1v) is 7.55. The summed E-state index contributed by atoms with van der Waals surface area (Å²) in [6.45, 7) is 7.60. The summed E-state index contributed by atoms with van der Waals surface area (Å²) in [4.78, 5) is 10.9. The van der Waals surface area contributed by atoms with Crippen LogP contribution in [-0.4, -0.2) is 42.5 Å². The van der Waals surface area contributed by atoms with Crippen LogP contribution in [-0.2, 0) is 6.42 Å². The van der Waals surface area contributed by atoms with Crippen LogP contribution >= 0.6 is 24.0 Å². The molecule has 0 bridgehead atoms. The Bertz CT molecular complexity index is 461. The molecule has 2 rings (SSSR count). The molecule has 1 atom stereocenters. The number of nitrogens with one attached hydrogen (secondary N) is 1. The second-order valence-electron chi connectivity index (χ2n) is 5.72. The Balaban J connectivity index is 0.00000220. The predicted octanol–water partition coefficient (Wildman–Crippen LogP) is 2.86. The third-order valence-electron chi connectivity index (χ3n) is 3.98. The Hall–Kier alpha value is -0.850. The summed E-state index contributed by atoms with van der Waals surface area (Å²) in [5.74, 6) is 1.81. The molecule has 1 aliphatic rings. The van der Waals surface area contributed by atoms with E-state index in [9.17, 15) is 0 Å². The Morgan fingerprint density at radius 1 is 1.52 bits per heavy atom. The van der Waals surface area contributed by atoms with Gasteiger partial charge in [-0.05, 0) is 49.3 Å². The van der Waals surface area contributed by atoms with Crippen LogP contribution in [0.3, 0.4) is 0 Å². The first-order valence-electron chi connectivity index (χ1n) is 7.55. The summed E-state index contributed by atoms with van der Waals surface area (Å²) in [6.07, 6.45) is 7.41. The fourth-order valence-electron chi connectivity index (χ4n) is 2.81. The van der Waals surface area contributed by atoms with Crippen molar-refractivity contribution in [3.63, 3.8) is 0 Å². The maximum Gasteiger partial charge on any atom is 0.193 e. The molecule has 1 aromatic rings. The van der Waals surface area contributed by atoms with Crippen LogP contribution in [0.5, 0.6) is 0 Å². The van der Waals surface area contributed by atoms with Crippen molar-refractivity contribution in [1.29, 1.82) is 0 Å². The van der Waals surface area contributed by atoms with Crippen LogP contribution < -0.4 is 5.32 Å². The molecule has 1 unspecified atom stereocenters. The summed E-state index contributed by atoms with van der Waals surface area (Å²) >= 11 is 0. The summed E-state index contributed by atoms with van der Waals surface area (Å²) in [6, 6.07) is 2.10. The normalized spacial score (nSPS) is 19.1. The Morgan fingerprint density at radius 2 is 2.33 bits per heavy atom. The van der Waals surface area contributed by atoms with Crippen molar-refractivity contribution in [2.24, 2.45) is 10.9 Å². The molecule has 21 heavy (non-hydrogen) atoms. The number of nitrogens with zero attached hydrogens (tertiary/aromatic N) is 3. The third-order valence-corrected chi connectivity index (χ3v) is 3.98. The van der Waals surface area contributed by atoms with Gasteiger partial charge in [0.1, 0.15) is 0 Å². The van der Waals surface area contributed by atoms with Gasteiger partial charge in [-0.3, -0.25) is 9.98 Å². The summed E-state index contributed by atoms with van der Waals surface area (Å²) in [7, 11) is 1.87. The monoisotopic (exact) mass is 402 g/mol. The van der Waals surface area contributed by atoms with Crippen molar-refractivity contribution in [2.75, 3.05) is 26.7 Å². The summed E-state index contributed by atoms with van der Waals surface area (Å²) in [5, 5.41) is 3.49. The molecule has 1 N–H and O–H groups in total. The Labute approximate surface area is 145 Å². The van der Waals surface area contributed by atoms with Gasteiger partial charge < -0.3 is 10.2 Å². The van der Waals surface area contributed by atoms with Crippen LogP contribution in [0, 0.1) is 12.8 Å². The lowest BCUT2D eigenvalue weighted by molar-refractivity contribution is 0.266.